The molecule has 7 heteroatoms. The van der Waals surface area contributed by atoms with Gasteiger partial charge in [-0.2, -0.15) is 0 Å². The summed E-state index contributed by atoms with van der Waals surface area (Å²) in [5.41, 5.74) is 4.09. The highest BCUT2D eigenvalue weighted by molar-refractivity contribution is 7.09. The van der Waals surface area contributed by atoms with E-state index in [2.05, 4.69) is 26.8 Å². The Balaban J connectivity index is 1.23. The van der Waals surface area contributed by atoms with E-state index in [-0.39, 0.29) is 5.60 Å². The van der Waals surface area contributed by atoms with Gasteiger partial charge in [0.25, 0.3) is 0 Å². The first-order valence-corrected chi connectivity index (χ1v) is 10.2. The van der Waals surface area contributed by atoms with Crippen molar-refractivity contribution in [3.8, 4) is 6.01 Å². The first kappa shape index (κ1) is 17.8. The number of thiazole rings is 1. The van der Waals surface area contributed by atoms with Gasteiger partial charge < -0.3 is 9.47 Å². The zero-order valence-electron chi connectivity index (χ0n) is 15.5. The first-order valence-electron chi connectivity index (χ1n) is 9.30. The van der Waals surface area contributed by atoms with Crippen LogP contribution >= 0.6 is 11.3 Å². The van der Waals surface area contributed by atoms with Crippen LogP contribution in [0.15, 0.2) is 17.8 Å². The van der Waals surface area contributed by atoms with Crippen molar-refractivity contribution in [1.82, 2.24) is 19.9 Å². The van der Waals surface area contributed by atoms with Gasteiger partial charge in [0.05, 0.1) is 23.4 Å². The molecule has 4 rings (SSSR count). The van der Waals surface area contributed by atoms with Crippen molar-refractivity contribution in [2.75, 3.05) is 26.3 Å². The van der Waals surface area contributed by atoms with Crippen LogP contribution in [-0.2, 0) is 11.3 Å². The van der Waals surface area contributed by atoms with Gasteiger partial charge in [-0.15, -0.1) is 11.3 Å². The van der Waals surface area contributed by atoms with Crippen molar-refractivity contribution in [2.24, 2.45) is 5.92 Å². The summed E-state index contributed by atoms with van der Waals surface area (Å²) >= 11 is 1.75. The summed E-state index contributed by atoms with van der Waals surface area (Å²) in [6.07, 6.45) is 5.03. The Morgan fingerprint density at radius 1 is 1.35 bits per heavy atom. The van der Waals surface area contributed by atoms with Gasteiger partial charge in [-0.3, -0.25) is 4.90 Å². The second-order valence-electron chi connectivity index (χ2n) is 7.51. The monoisotopic (exact) mass is 374 g/mol. The number of aryl methyl sites for hydroxylation is 2. The smallest absolute Gasteiger partial charge is 0.316 e. The van der Waals surface area contributed by atoms with Crippen LogP contribution in [-0.4, -0.2) is 51.8 Å². The molecule has 4 heterocycles. The quantitative estimate of drug-likeness (QED) is 0.775. The molecule has 140 valence electrons. The molecular formula is C19H26N4O2S. The Hall–Kier alpha value is -1.57. The van der Waals surface area contributed by atoms with Crippen molar-refractivity contribution in [2.45, 2.75) is 45.3 Å². The number of aromatic nitrogens is 3. The largest absolute Gasteiger partial charge is 0.463 e. The van der Waals surface area contributed by atoms with Gasteiger partial charge in [0, 0.05) is 43.0 Å². The average molecular weight is 375 g/mol. The third-order valence-electron chi connectivity index (χ3n) is 5.36. The van der Waals surface area contributed by atoms with E-state index in [4.69, 9.17) is 9.47 Å². The van der Waals surface area contributed by atoms with E-state index in [1.54, 1.807) is 17.5 Å². The number of ether oxygens (including phenoxy) is 2. The minimum Gasteiger partial charge on any atom is -0.463 e. The van der Waals surface area contributed by atoms with E-state index in [0.717, 1.165) is 56.9 Å². The minimum atomic E-state index is 0.0569. The third-order valence-corrected chi connectivity index (χ3v) is 6.28. The second-order valence-corrected chi connectivity index (χ2v) is 8.45. The van der Waals surface area contributed by atoms with E-state index in [9.17, 15) is 0 Å². The lowest BCUT2D eigenvalue weighted by Crippen LogP contribution is -2.64. The number of likely N-dealkylation sites (tertiary alicyclic amines) is 1. The SMILES string of the molecule is Cc1ccnc(OCCC2CCOC3(C2)CN(Cc2scnc2C)C3)n1. The van der Waals surface area contributed by atoms with Gasteiger partial charge >= 0.3 is 6.01 Å². The molecule has 2 fully saturated rings. The van der Waals surface area contributed by atoms with Gasteiger partial charge in [-0.25, -0.2) is 15.0 Å². The molecule has 0 bridgehead atoms. The molecule has 0 N–H and O–H groups in total. The van der Waals surface area contributed by atoms with Gasteiger partial charge in [-0.05, 0) is 45.1 Å². The fraction of sp³-hybridized carbons (Fsp3) is 0.632. The van der Waals surface area contributed by atoms with Gasteiger partial charge in [-0.1, -0.05) is 0 Å². The van der Waals surface area contributed by atoms with Crippen LogP contribution in [0.2, 0.25) is 0 Å². The van der Waals surface area contributed by atoms with Gasteiger partial charge in [0.15, 0.2) is 0 Å². The fourth-order valence-electron chi connectivity index (χ4n) is 3.97. The lowest BCUT2D eigenvalue weighted by atomic mass is 9.79. The standard InChI is InChI=1S/C19H26N4O2S/c1-14-3-6-20-18(22-14)24-7-4-16-5-8-25-19(9-16)11-23(12-19)10-17-15(2)21-13-26-17/h3,6,13,16H,4-5,7-12H2,1-2H3. The topological polar surface area (TPSA) is 60.4 Å². The molecule has 1 atom stereocenters. The summed E-state index contributed by atoms with van der Waals surface area (Å²) in [5.74, 6) is 0.654. The molecule has 0 radical (unpaired) electrons. The van der Waals surface area contributed by atoms with Gasteiger partial charge in [0.1, 0.15) is 0 Å². The normalized spacial score (nSPS) is 22.3. The predicted molar refractivity (Wildman–Crippen MR) is 100 cm³/mol. The highest BCUT2D eigenvalue weighted by atomic mass is 32.1. The summed E-state index contributed by atoms with van der Waals surface area (Å²) in [4.78, 5) is 16.6. The molecule has 0 aromatic carbocycles. The maximum atomic E-state index is 6.17. The second kappa shape index (κ2) is 7.58. The zero-order valence-corrected chi connectivity index (χ0v) is 16.3. The van der Waals surface area contributed by atoms with Crippen LogP contribution in [0.3, 0.4) is 0 Å². The van der Waals surface area contributed by atoms with Crippen molar-refractivity contribution < 1.29 is 9.47 Å². The zero-order chi connectivity index (χ0) is 18.0. The molecular weight excluding hydrogens is 348 g/mol. The van der Waals surface area contributed by atoms with E-state index in [0.29, 0.717) is 18.5 Å². The van der Waals surface area contributed by atoms with Crippen molar-refractivity contribution >= 4 is 11.3 Å². The van der Waals surface area contributed by atoms with Crippen LogP contribution in [0.1, 0.15) is 35.5 Å². The Morgan fingerprint density at radius 3 is 3.00 bits per heavy atom. The molecule has 6 nitrogen and oxygen atoms in total. The van der Waals surface area contributed by atoms with E-state index in [1.807, 2.05) is 18.5 Å². The lowest BCUT2D eigenvalue weighted by Gasteiger charge is -2.53. The van der Waals surface area contributed by atoms with E-state index in [1.165, 1.54) is 4.88 Å². The van der Waals surface area contributed by atoms with Crippen molar-refractivity contribution in [1.29, 1.82) is 0 Å². The highest BCUT2D eigenvalue weighted by Crippen LogP contribution is 2.39. The molecule has 2 aliphatic rings. The number of hydrogen-bond acceptors (Lipinski definition) is 7. The van der Waals surface area contributed by atoms with Crippen LogP contribution in [0.4, 0.5) is 0 Å². The van der Waals surface area contributed by atoms with Crippen LogP contribution in [0, 0.1) is 19.8 Å². The predicted octanol–water partition coefficient (Wildman–Crippen LogP) is 3.00. The molecule has 2 aromatic heterocycles. The molecule has 26 heavy (non-hydrogen) atoms. The number of nitrogens with zero attached hydrogens (tertiary/aromatic N) is 4. The summed E-state index contributed by atoms with van der Waals surface area (Å²) in [6, 6.07) is 2.37. The average Bonchev–Trinajstić information content (AvgIpc) is 2.99. The molecule has 1 unspecified atom stereocenters. The fourth-order valence-corrected chi connectivity index (χ4v) is 4.79. The van der Waals surface area contributed by atoms with Crippen LogP contribution < -0.4 is 4.74 Å². The van der Waals surface area contributed by atoms with Crippen LogP contribution in [0.5, 0.6) is 6.01 Å². The lowest BCUT2D eigenvalue weighted by molar-refractivity contribution is -0.181. The van der Waals surface area contributed by atoms with E-state index >= 15 is 0 Å². The van der Waals surface area contributed by atoms with Gasteiger partial charge in [0.2, 0.25) is 0 Å². The molecule has 0 amide bonds. The van der Waals surface area contributed by atoms with Crippen molar-refractivity contribution in [3.63, 3.8) is 0 Å². The number of hydrogen-bond donors (Lipinski definition) is 0. The van der Waals surface area contributed by atoms with E-state index < -0.39 is 0 Å². The molecule has 2 aliphatic heterocycles. The Labute approximate surface area is 158 Å². The maximum Gasteiger partial charge on any atom is 0.316 e. The maximum absolute atomic E-state index is 6.17. The summed E-state index contributed by atoms with van der Waals surface area (Å²) < 4.78 is 11.9. The number of rotatable bonds is 6. The Bertz CT molecular complexity index is 745. The summed E-state index contributed by atoms with van der Waals surface area (Å²) in [6.45, 7) is 8.64. The van der Waals surface area contributed by atoms with Crippen LogP contribution in [0.25, 0.3) is 0 Å². The molecule has 2 saturated heterocycles. The Kier molecular flexibility index (Phi) is 5.20. The summed E-state index contributed by atoms with van der Waals surface area (Å²) in [5, 5.41) is 0. The third kappa shape index (κ3) is 4.05. The molecule has 0 aliphatic carbocycles. The Morgan fingerprint density at radius 2 is 2.23 bits per heavy atom. The van der Waals surface area contributed by atoms with Crippen molar-refractivity contribution in [3.05, 3.63) is 34.0 Å². The highest BCUT2D eigenvalue weighted by Gasteiger charge is 2.47. The molecule has 1 spiro atoms. The first-order chi connectivity index (χ1) is 12.6. The molecule has 0 saturated carbocycles. The molecule has 2 aromatic rings. The minimum absolute atomic E-state index is 0.0569. The summed E-state index contributed by atoms with van der Waals surface area (Å²) in [7, 11) is 0.